The number of aromatic nitrogens is 1. The molecule has 0 bridgehead atoms. The summed E-state index contributed by atoms with van der Waals surface area (Å²) in [6.45, 7) is 0. The first-order valence-electron chi connectivity index (χ1n) is 6.81. The number of nitrogen functional groups attached to an aromatic ring is 1. The predicted octanol–water partition coefficient (Wildman–Crippen LogP) is 4.66. The van der Waals surface area contributed by atoms with Gasteiger partial charge in [0.05, 0.1) is 5.69 Å². The fourth-order valence-corrected chi connectivity index (χ4v) is 2.55. The zero-order chi connectivity index (χ0) is 16.4. The second-order valence-electron chi connectivity index (χ2n) is 4.95. The first kappa shape index (κ1) is 15.0. The van der Waals surface area contributed by atoms with E-state index in [2.05, 4.69) is 11.1 Å². The third-order valence-corrected chi connectivity index (χ3v) is 3.65. The fourth-order valence-electron chi connectivity index (χ4n) is 2.36. The molecule has 0 aliphatic rings. The molecule has 112 valence electrons. The number of hydrogen-bond acceptors (Lipinski definition) is 3. The predicted molar refractivity (Wildman–Crippen MR) is 89.2 cm³/mol. The number of anilines is 1. The van der Waals surface area contributed by atoms with Gasteiger partial charge in [0.2, 0.25) is 0 Å². The van der Waals surface area contributed by atoms with E-state index in [1.165, 1.54) is 12.1 Å². The van der Waals surface area contributed by atoms with E-state index in [4.69, 9.17) is 17.3 Å². The van der Waals surface area contributed by atoms with Crippen LogP contribution in [0.3, 0.4) is 0 Å². The molecule has 0 unspecified atom stereocenters. The van der Waals surface area contributed by atoms with Gasteiger partial charge in [-0.05, 0) is 35.9 Å². The maximum absolute atomic E-state index is 13.4. The van der Waals surface area contributed by atoms with Gasteiger partial charge in [-0.15, -0.1) is 0 Å². The lowest BCUT2D eigenvalue weighted by atomic mass is 9.98. The highest BCUT2D eigenvalue weighted by Crippen LogP contribution is 2.32. The van der Waals surface area contributed by atoms with Gasteiger partial charge < -0.3 is 5.73 Å². The Morgan fingerprint density at radius 2 is 1.78 bits per heavy atom. The van der Waals surface area contributed by atoms with Gasteiger partial charge in [-0.3, -0.25) is 0 Å². The zero-order valence-electron chi connectivity index (χ0n) is 11.9. The Morgan fingerprint density at radius 1 is 1.04 bits per heavy atom. The smallest absolute Gasteiger partial charge is 0.142 e. The van der Waals surface area contributed by atoms with Crippen molar-refractivity contribution in [1.29, 1.82) is 5.26 Å². The first-order chi connectivity index (χ1) is 11.1. The van der Waals surface area contributed by atoms with E-state index in [0.717, 1.165) is 5.56 Å². The summed E-state index contributed by atoms with van der Waals surface area (Å²) in [5, 5.41) is 9.92. The van der Waals surface area contributed by atoms with Gasteiger partial charge in [0.1, 0.15) is 23.3 Å². The molecule has 0 fully saturated rings. The summed E-state index contributed by atoms with van der Waals surface area (Å²) < 4.78 is 13.4. The fraction of sp³-hybridized carbons (Fsp3) is 0. The van der Waals surface area contributed by atoms with Crippen molar-refractivity contribution in [3.8, 4) is 28.5 Å². The quantitative estimate of drug-likeness (QED) is 0.746. The Morgan fingerprint density at radius 3 is 2.48 bits per heavy atom. The van der Waals surface area contributed by atoms with Crippen LogP contribution in [0, 0.1) is 17.1 Å². The lowest BCUT2D eigenvalue weighted by molar-refractivity contribution is 0.628. The molecule has 3 rings (SSSR count). The normalized spacial score (nSPS) is 10.3. The average molecular weight is 324 g/mol. The van der Waals surface area contributed by atoms with Gasteiger partial charge >= 0.3 is 0 Å². The van der Waals surface area contributed by atoms with Crippen LogP contribution < -0.4 is 5.73 Å². The zero-order valence-corrected chi connectivity index (χ0v) is 12.7. The minimum absolute atomic E-state index is 0.101. The van der Waals surface area contributed by atoms with Crippen LogP contribution in [0.25, 0.3) is 22.4 Å². The minimum Gasteiger partial charge on any atom is -0.383 e. The summed E-state index contributed by atoms with van der Waals surface area (Å²) in [6, 6.07) is 16.9. The van der Waals surface area contributed by atoms with Gasteiger partial charge in [-0.25, -0.2) is 9.37 Å². The lowest BCUT2D eigenvalue weighted by Crippen LogP contribution is -2.00. The summed E-state index contributed by atoms with van der Waals surface area (Å²) in [5.74, 6) is -0.263. The van der Waals surface area contributed by atoms with Crippen LogP contribution >= 0.6 is 11.6 Å². The molecule has 0 aliphatic carbocycles. The molecule has 3 aromatic rings. The monoisotopic (exact) mass is 323 g/mol. The van der Waals surface area contributed by atoms with Crippen LogP contribution in [-0.4, -0.2) is 4.98 Å². The summed E-state index contributed by atoms with van der Waals surface area (Å²) >= 11 is 6.03. The molecule has 5 heteroatoms. The summed E-state index contributed by atoms with van der Waals surface area (Å²) in [4.78, 5) is 4.22. The SMILES string of the molecule is N#Cc1c(-c2cccc(Cl)c2)cc(-c2cccc(F)c2)nc1N. The van der Waals surface area contributed by atoms with Crippen LogP contribution in [0.1, 0.15) is 5.56 Å². The molecule has 0 spiro atoms. The molecule has 0 saturated carbocycles. The lowest BCUT2D eigenvalue weighted by Gasteiger charge is -2.10. The van der Waals surface area contributed by atoms with Crippen molar-refractivity contribution in [3.05, 3.63) is 71.0 Å². The highest BCUT2D eigenvalue weighted by atomic mass is 35.5. The highest BCUT2D eigenvalue weighted by Gasteiger charge is 2.14. The number of hydrogen-bond donors (Lipinski definition) is 1. The van der Waals surface area contributed by atoms with E-state index in [-0.39, 0.29) is 17.2 Å². The van der Waals surface area contributed by atoms with E-state index in [1.807, 2.05) is 6.07 Å². The Balaban J connectivity index is 2.25. The second-order valence-corrected chi connectivity index (χ2v) is 5.38. The Kier molecular flexibility index (Phi) is 3.96. The van der Waals surface area contributed by atoms with Gasteiger partial charge in [0.25, 0.3) is 0 Å². The number of nitrogens with zero attached hydrogens (tertiary/aromatic N) is 2. The van der Waals surface area contributed by atoms with E-state index >= 15 is 0 Å². The molecule has 2 aromatic carbocycles. The number of pyridine rings is 1. The molecule has 0 radical (unpaired) electrons. The van der Waals surface area contributed by atoms with E-state index < -0.39 is 0 Å². The van der Waals surface area contributed by atoms with Gasteiger partial charge in [0.15, 0.2) is 0 Å². The number of halogens is 2. The third-order valence-electron chi connectivity index (χ3n) is 3.42. The Labute approximate surface area is 137 Å². The standard InChI is InChI=1S/C18H11ClFN3/c19-13-5-1-3-11(7-13)15-9-17(23-18(22)16(15)10-21)12-4-2-6-14(20)8-12/h1-9H,(H2,22,23). The van der Waals surface area contributed by atoms with Crippen molar-refractivity contribution in [2.45, 2.75) is 0 Å². The van der Waals surface area contributed by atoms with Crippen molar-refractivity contribution in [3.63, 3.8) is 0 Å². The molecule has 0 atom stereocenters. The van der Waals surface area contributed by atoms with Crippen LogP contribution in [0.4, 0.5) is 10.2 Å². The van der Waals surface area contributed by atoms with E-state index in [9.17, 15) is 9.65 Å². The molecule has 2 N–H and O–H groups in total. The van der Waals surface area contributed by atoms with Crippen molar-refractivity contribution in [1.82, 2.24) is 4.98 Å². The maximum atomic E-state index is 13.4. The topological polar surface area (TPSA) is 62.7 Å². The Bertz CT molecular complexity index is 932. The molecule has 1 aromatic heterocycles. The molecule has 0 aliphatic heterocycles. The molecule has 1 heterocycles. The summed E-state index contributed by atoms with van der Waals surface area (Å²) in [5.41, 5.74) is 8.64. The minimum atomic E-state index is -0.364. The summed E-state index contributed by atoms with van der Waals surface area (Å²) in [6.07, 6.45) is 0. The largest absolute Gasteiger partial charge is 0.383 e. The van der Waals surface area contributed by atoms with Crippen molar-refractivity contribution in [2.75, 3.05) is 5.73 Å². The molecule has 0 saturated heterocycles. The van der Waals surface area contributed by atoms with Crippen LogP contribution in [0.5, 0.6) is 0 Å². The number of nitriles is 1. The number of benzene rings is 2. The molecule has 23 heavy (non-hydrogen) atoms. The van der Waals surface area contributed by atoms with E-state index in [0.29, 0.717) is 21.8 Å². The first-order valence-corrected chi connectivity index (χ1v) is 7.19. The third kappa shape index (κ3) is 3.01. The van der Waals surface area contributed by atoms with Crippen molar-refractivity contribution < 1.29 is 4.39 Å². The number of rotatable bonds is 2. The summed E-state index contributed by atoms with van der Waals surface area (Å²) in [7, 11) is 0. The van der Waals surface area contributed by atoms with Gasteiger partial charge in [0, 0.05) is 16.1 Å². The van der Waals surface area contributed by atoms with Crippen LogP contribution in [0.2, 0.25) is 5.02 Å². The van der Waals surface area contributed by atoms with Crippen LogP contribution in [0.15, 0.2) is 54.6 Å². The Hall–Kier alpha value is -2.90. The maximum Gasteiger partial charge on any atom is 0.142 e. The highest BCUT2D eigenvalue weighted by molar-refractivity contribution is 6.30. The van der Waals surface area contributed by atoms with Crippen molar-refractivity contribution in [2.24, 2.45) is 0 Å². The second kappa shape index (κ2) is 6.07. The van der Waals surface area contributed by atoms with Gasteiger partial charge in [-0.1, -0.05) is 35.9 Å². The average Bonchev–Trinajstić information content (AvgIpc) is 2.54. The molecular formula is C18H11ClFN3. The van der Waals surface area contributed by atoms with E-state index in [1.54, 1.807) is 36.4 Å². The van der Waals surface area contributed by atoms with Gasteiger partial charge in [-0.2, -0.15) is 5.26 Å². The molecule has 3 nitrogen and oxygen atoms in total. The number of nitrogens with two attached hydrogens (primary N) is 1. The van der Waals surface area contributed by atoms with Crippen LogP contribution in [-0.2, 0) is 0 Å². The molecular weight excluding hydrogens is 313 g/mol. The van der Waals surface area contributed by atoms with Crippen molar-refractivity contribution >= 4 is 17.4 Å². The molecule has 0 amide bonds.